The monoisotopic (exact) mass is 195 g/mol. The Kier molecular flexibility index (Phi) is 4.66. The van der Waals surface area contributed by atoms with Crippen LogP contribution in [-0.4, -0.2) is 16.1 Å². The zero-order valence-corrected chi connectivity index (χ0v) is 9.45. The number of hydrogen-bond acceptors (Lipinski definition) is 2. The highest BCUT2D eigenvalue weighted by Gasteiger charge is 1.99. The molecule has 3 heteroatoms. The molecule has 0 radical (unpaired) electrons. The summed E-state index contributed by atoms with van der Waals surface area (Å²) in [5, 5.41) is 3.34. The Morgan fingerprint density at radius 2 is 2.29 bits per heavy atom. The molecule has 1 rings (SSSR count). The molecular weight excluding hydrogens is 174 g/mol. The molecule has 0 atom stereocenters. The van der Waals surface area contributed by atoms with Gasteiger partial charge in [-0.25, -0.2) is 4.98 Å². The lowest BCUT2D eigenvalue weighted by Gasteiger charge is -2.04. The molecular formula is C11H21N3. The van der Waals surface area contributed by atoms with Crippen LogP contribution in [0.1, 0.15) is 32.9 Å². The van der Waals surface area contributed by atoms with Gasteiger partial charge in [0.15, 0.2) is 0 Å². The van der Waals surface area contributed by atoms with Crippen molar-refractivity contribution in [3.05, 3.63) is 18.2 Å². The minimum absolute atomic E-state index is 0.681. The Morgan fingerprint density at radius 1 is 1.50 bits per heavy atom. The second kappa shape index (κ2) is 5.81. The van der Waals surface area contributed by atoms with Crippen LogP contribution in [0.5, 0.6) is 0 Å². The molecule has 0 aromatic carbocycles. The van der Waals surface area contributed by atoms with E-state index in [-0.39, 0.29) is 0 Å². The molecule has 3 nitrogen and oxygen atoms in total. The number of nitrogens with zero attached hydrogens (tertiary/aromatic N) is 2. The number of nitrogens with one attached hydrogen (secondary N) is 1. The number of hydrogen-bond donors (Lipinski definition) is 1. The molecule has 14 heavy (non-hydrogen) atoms. The lowest BCUT2D eigenvalue weighted by molar-refractivity contribution is 0.522. The van der Waals surface area contributed by atoms with Crippen LogP contribution in [0, 0.1) is 5.92 Å². The molecule has 0 aliphatic rings. The van der Waals surface area contributed by atoms with E-state index in [4.69, 9.17) is 0 Å². The molecule has 0 saturated carbocycles. The van der Waals surface area contributed by atoms with Crippen LogP contribution in [0.4, 0.5) is 0 Å². The first-order chi connectivity index (χ1) is 6.72. The van der Waals surface area contributed by atoms with Gasteiger partial charge in [-0.1, -0.05) is 20.8 Å². The number of rotatable bonds is 6. The normalized spacial score (nSPS) is 11.1. The van der Waals surface area contributed by atoms with Gasteiger partial charge in [0.25, 0.3) is 0 Å². The molecule has 80 valence electrons. The molecule has 0 spiro atoms. The predicted molar refractivity (Wildman–Crippen MR) is 59.1 cm³/mol. The minimum Gasteiger partial charge on any atom is -0.337 e. The molecule has 1 heterocycles. The standard InChI is InChI=1S/C11H21N3/c1-4-5-12-6-11-8-14(9-13-11)7-10(2)3/h8-10,12H,4-7H2,1-3H3. The molecule has 0 unspecified atom stereocenters. The maximum absolute atomic E-state index is 4.34. The summed E-state index contributed by atoms with van der Waals surface area (Å²) in [5.74, 6) is 0.681. The van der Waals surface area contributed by atoms with Gasteiger partial charge in [-0.15, -0.1) is 0 Å². The van der Waals surface area contributed by atoms with Crippen molar-refractivity contribution in [3.63, 3.8) is 0 Å². The van der Waals surface area contributed by atoms with Crippen LogP contribution < -0.4 is 5.32 Å². The fraction of sp³-hybridized carbons (Fsp3) is 0.727. The Morgan fingerprint density at radius 3 is 2.93 bits per heavy atom. The summed E-state index contributed by atoms with van der Waals surface area (Å²) < 4.78 is 2.16. The van der Waals surface area contributed by atoms with Crippen molar-refractivity contribution in [2.75, 3.05) is 6.54 Å². The summed E-state index contributed by atoms with van der Waals surface area (Å²) in [5.41, 5.74) is 1.14. The maximum Gasteiger partial charge on any atom is 0.0950 e. The second-order valence-corrected chi connectivity index (χ2v) is 4.13. The van der Waals surface area contributed by atoms with Crippen LogP contribution in [0.15, 0.2) is 12.5 Å². The van der Waals surface area contributed by atoms with Gasteiger partial charge in [0.2, 0.25) is 0 Å². The van der Waals surface area contributed by atoms with Crippen molar-refractivity contribution in [1.29, 1.82) is 0 Å². The summed E-state index contributed by atoms with van der Waals surface area (Å²) in [6, 6.07) is 0. The van der Waals surface area contributed by atoms with E-state index in [1.54, 1.807) is 0 Å². The molecule has 0 amide bonds. The van der Waals surface area contributed by atoms with E-state index in [1.165, 1.54) is 6.42 Å². The van der Waals surface area contributed by atoms with Crippen molar-refractivity contribution in [2.24, 2.45) is 5.92 Å². The summed E-state index contributed by atoms with van der Waals surface area (Å²) in [6.07, 6.45) is 5.22. The van der Waals surface area contributed by atoms with Gasteiger partial charge in [0.05, 0.1) is 12.0 Å². The van der Waals surface area contributed by atoms with Crippen molar-refractivity contribution >= 4 is 0 Å². The molecule has 1 aromatic heterocycles. The maximum atomic E-state index is 4.34. The fourth-order valence-corrected chi connectivity index (χ4v) is 1.41. The van der Waals surface area contributed by atoms with Crippen molar-refractivity contribution in [2.45, 2.75) is 40.3 Å². The van der Waals surface area contributed by atoms with Gasteiger partial charge in [-0.2, -0.15) is 0 Å². The third-order valence-electron chi connectivity index (χ3n) is 2.00. The third kappa shape index (κ3) is 3.92. The van der Waals surface area contributed by atoms with E-state index in [9.17, 15) is 0 Å². The van der Waals surface area contributed by atoms with E-state index >= 15 is 0 Å². The smallest absolute Gasteiger partial charge is 0.0950 e. The highest BCUT2D eigenvalue weighted by Crippen LogP contribution is 2.01. The fourth-order valence-electron chi connectivity index (χ4n) is 1.41. The summed E-state index contributed by atoms with van der Waals surface area (Å²) in [4.78, 5) is 4.34. The molecule has 0 saturated heterocycles. The van der Waals surface area contributed by atoms with Crippen molar-refractivity contribution in [1.82, 2.24) is 14.9 Å². The van der Waals surface area contributed by atoms with Crippen molar-refractivity contribution < 1.29 is 0 Å². The Bertz CT molecular complexity index is 253. The van der Waals surface area contributed by atoms with E-state index in [0.29, 0.717) is 5.92 Å². The second-order valence-electron chi connectivity index (χ2n) is 4.13. The molecule has 0 bridgehead atoms. The summed E-state index contributed by atoms with van der Waals surface area (Å²) in [6.45, 7) is 9.62. The van der Waals surface area contributed by atoms with Crippen LogP contribution in [0.3, 0.4) is 0 Å². The zero-order chi connectivity index (χ0) is 10.4. The van der Waals surface area contributed by atoms with E-state index in [0.717, 1.165) is 25.3 Å². The van der Waals surface area contributed by atoms with E-state index < -0.39 is 0 Å². The van der Waals surface area contributed by atoms with Gasteiger partial charge in [-0.3, -0.25) is 0 Å². The molecule has 0 fully saturated rings. The zero-order valence-electron chi connectivity index (χ0n) is 9.45. The number of aromatic nitrogens is 2. The van der Waals surface area contributed by atoms with Crippen LogP contribution >= 0.6 is 0 Å². The molecule has 0 aliphatic heterocycles. The first-order valence-electron chi connectivity index (χ1n) is 5.43. The summed E-state index contributed by atoms with van der Waals surface area (Å²) >= 11 is 0. The molecule has 0 aliphatic carbocycles. The lowest BCUT2D eigenvalue weighted by Crippen LogP contribution is -2.13. The highest BCUT2D eigenvalue weighted by molar-refractivity contribution is 4.96. The van der Waals surface area contributed by atoms with Crippen LogP contribution in [-0.2, 0) is 13.1 Å². The highest BCUT2D eigenvalue weighted by atomic mass is 15.0. The van der Waals surface area contributed by atoms with Crippen LogP contribution in [0.2, 0.25) is 0 Å². The Balaban J connectivity index is 2.35. The Hall–Kier alpha value is -0.830. The van der Waals surface area contributed by atoms with Gasteiger partial charge in [0, 0.05) is 19.3 Å². The largest absolute Gasteiger partial charge is 0.337 e. The predicted octanol–water partition coefficient (Wildman–Crippen LogP) is 2.04. The summed E-state index contributed by atoms with van der Waals surface area (Å²) in [7, 11) is 0. The van der Waals surface area contributed by atoms with Gasteiger partial charge >= 0.3 is 0 Å². The molecule has 1 N–H and O–H groups in total. The quantitative estimate of drug-likeness (QED) is 0.704. The third-order valence-corrected chi connectivity index (χ3v) is 2.00. The average molecular weight is 195 g/mol. The first kappa shape index (κ1) is 11.2. The topological polar surface area (TPSA) is 29.9 Å². The van der Waals surface area contributed by atoms with Crippen LogP contribution in [0.25, 0.3) is 0 Å². The van der Waals surface area contributed by atoms with Gasteiger partial charge < -0.3 is 9.88 Å². The SMILES string of the molecule is CCCNCc1cn(CC(C)C)cn1. The van der Waals surface area contributed by atoms with E-state index in [2.05, 4.69) is 41.8 Å². The average Bonchev–Trinajstić information content (AvgIpc) is 2.52. The van der Waals surface area contributed by atoms with Crippen molar-refractivity contribution in [3.8, 4) is 0 Å². The lowest BCUT2D eigenvalue weighted by atomic mass is 10.2. The van der Waals surface area contributed by atoms with E-state index in [1.807, 2.05) is 6.33 Å². The minimum atomic E-state index is 0.681. The first-order valence-corrected chi connectivity index (χ1v) is 5.43. The number of imidazole rings is 1. The molecule has 1 aromatic rings. The van der Waals surface area contributed by atoms with Gasteiger partial charge in [0.1, 0.15) is 0 Å². The van der Waals surface area contributed by atoms with Gasteiger partial charge in [-0.05, 0) is 18.9 Å². The Labute approximate surface area is 86.5 Å².